The average Bonchev–Trinajstić information content (AvgIpc) is 2.71. The second-order valence-electron chi connectivity index (χ2n) is 8.78. The molecule has 0 aliphatic heterocycles. The molecule has 0 aliphatic rings. The Labute approximate surface area is 187 Å². The first-order valence-electron chi connectivity index (χ1n) is 10.2. The van der Waals surface area contributed by atoms with Crippen LogP contribution in [0.15, 0.2) is 54.6 Å². The molecule has 0 spiro atoms. The van der Waals surface area contributed by atoms with Gasteiger partial charge in [-0.25, -0.2) is 9.18 Å². The standard InChI is InChI=1S/C24H30FNO6/c1-23(2,3)31-22(29)32-26(16-25)20(15-17-11-13-19(27)14-12-17)21(28)30-24(4,5)18-9-7-6-8-10-18/h6-14,20,27H,15-16H2,1-5H3/t20-/m1/s1/i25-1. The number of hydroxylamine groups is 2. The van der Waals surface area contributed by atoms with Gasteiger partial charge >= 0.3 is 12.1 Å². The number of hydrogen-bond donors (Lipinski definition) is 1. The van der Waals surface area contributed by atoms with Crippen molar-refractivity contribution < 1.29 is 33.4 Å². The first-order valence-corrected chi connectivity index (χ1v) is 10.2. The fourth-order valence-electron chi connectivity index (χ4n) is 2.91. The van der Waals surface area contributed by atoms with Gasteiger partial charge in [0.05, 0.1) is 0 Å². The van der Waals surface area contributed by atoms with Gasteiger partial charge < -0.3 is 19.4 Å². The van der Waals surface area contributed by atoms with Crippen LogP contribution in [0.25, 0.3) is 0 Å². The Morgan fingerprint density at radius 2 is 1.56 bits per heavy atom. The number of nitrogens with zero attached hydrogens (tertiary/aromatic N) is 1. The Hall–Kier alpha value is -3.13. The van der Waals surface area contributed by atoms with Gasteiger partial charge in [-0.15, -0.1) is 0 Å². The van der Waals surface area contributed by atoms with Crippen LogP contribution in [0.1, 0.15) is 45.7 Å². The number of ether oxygens (including phenoxy) is 2. The molecule has 32 heavy (non-hydrogen) atoms. The zero-order valence-corrected chi connectivity index (χ0v) is 19.0. The third kappa shape index (κ3) is 7.53. The highest BCUT2D eigenvalue weighted by Gasteiger charge is 2.36. The maximum absolute atomic E-state index is 13.9. The van der Waals surface area contributed by atoms with E-state index in [0.29, 0.717) is 10.6 Å². The zero-order valence-electron chi connectivity index (χ0n) is 19.0. The number of phenols is 1. The van der Waals surface area contributed by atoms with Crippen LogP contribution in [0, 0.1) is 0 Å². The summed E-state index contributed by atoms with van der Waals surface area (Å²) >= 11 is 0. The second kappa shape index (κ2) is 10.5. The molecule has 0 radical (unpaired) electrons. The van der Waals surface area contributed by atoms with Gasteiger partial charge in [-0.1, -0.05) is 47.5 Å². The number of hydrogen-bond acceptors (Lipinski definition) is 7. The quantitative estimate of drug-likeness (QED) is 0.351. The van der Waals surface area contributed by atoms with Crippen molar-refractivity contribution >= 4 is 12.1 Å². The Morgan fingerprint density at radius 3 is 2.09 bits per heavy atom. The number of phenolic OH excluding ortho intramolecular Hbond substituents is 1. The number of esters is 1. The molecule has 0 saturated heterocycles. The van der Waals surface area contributed by atoms with Crippen molar-refractivity contribution in [3.05, 3.63) is 65.7 Å². The summed E-state index contributed by atoms with van der Waals surface area (Å²) < 4.78 is 24.7. The minimum absolute atomic E-state index is 0.0311. The number of halogens is 1. The maximum atomic E-state index is 13.9. The molecule has 0 bridgehead atoms. The second-order valence-corrected chi connectivity index (χ2v) is 8.78. The summed E-state index contributed by atoms with van der Waals surface area (Å²) in [6.07, 6.45) is -1.17. The Kier molecular flexibility index (Phi) is 8.21. The molecular weight excluding hydrogens is 416 g/mol. The van der Waals surface area contributed by atoms with Gasteiger partial charge in [-0.3, -0.25) is 4.79 Å². The zero-order chi connectivity index (χ0) is 23.9. The molecule has 0 aliphatic carbocycles. The lowest BCUT2D eigenvalue weighted by atomic mass is 9.98. The van der Waals surface area contributed by atoms with Gasteiger partial charge in [-0.05, 0) is 57.9 Å². The van der Waals surface area contributed by atoms with E-state index in [4.69, 9.17) is 14.3 Å². The predicted octanol–water partition coefficient (Wildman–Crippen LogP) is 4.88. The molecule has 0 amide bonds. The largest absolute Gasteiger partial charge is 0.528 e. The minimum atomic E-state index is -1.29. The van der Waals surface area contributed by atoms with Crippen molar-refractivity contribution in [3.63, 3.8) is 0 Å². The van der Waals surface area contributed by atoms with E-state index in [1.807, 2.05) is 30.3 Å². The molecule has 0 aromatic heterocycles. The number of carbonyl (C=O) groups is 2. The summed E-state index contributed by atoms with van der Waals surface area (Å²) in [5.74, 6) is -0.737. The average molecular weight is 447 g/mol. The van der Waals surface area contributed by atoms with Crippen molar-refractivity contribution in [1.29, 1.82) is 0 Å². The van der Waals surface area contributed by atoms with Crippen LogP contribution in [0.2, 0.25) is 0 Å². The monoisotopic (exact) mass is 446 g/mol. The van der Waals surface area contributed by atoms with Crippen molar-refractivity contribution in [1.82, 2.24) is 5.06 Å². The summed E-state index contributed by atoms with van der Waals surface area (Å²) in [6.45, 7) is 7.08. The van der Waals surface area contributed by atoms with Gasteiger partial charge in [-0.2, -0.15) is 0 Å². The van der Waals surface area contributed by atoms with Gasteiger partial charge in [0.15, 0.2) is 12.8 Å². The molecule has 0 fully saturated rings. The first-order chi connectivity index (χ1) is 14.9. The third-order valence-corrected chi connectivity index (χ3v) is 4.51. The lowest BCUT2D eigenvalue weighted by Gasteiger charge is -2.31. The van der Waals surface area contributed by atoms with Crippen LogP contribution in [-0.4, -0.2) is 40.7 Å². The fourth-order valence-corrected chi connectivity index (χ4v) is 2.91. The van der Waals surface area contributed by atoms with Gasteiger partial charge in [0.1, 0.15) is 17.0 Å². The van der Waals surface area contributed by atoms with Crippen molar-refractivity contribution in [2.24, 2.45) is 0 Å². The topological polar surface area (TPSA) is 85.3 Å². The molecule has 1 atom stereocenters. The molecule has 1 N–H and O–H groups in total. The van der Waals surface area contributed by atoms with Crippen LogP contribution >= 0.6 is 0 Å². The molecule has 7 nitrogen and oxygen atoms in total. The fraction of sp³-hybridized carbons (Fsp3) is 0.417. The summed E-state index contributed by atoms with van der Waals surface area (Å²) in [4.78, 5) is 30.3. The molecule has 2 aromatic rings. The van der Waals surface area contributed by atoms with E-state index in [0.717, 1.165) is 5.56 Å². The van der Waals surface area contributed by atoms with E-state index < -0.39 is 36.2 Å². The van der Waals surface area contributed by atoms with Crippen molar-refractivity contribution in [2.75, 3.05) is 6.80 Å². The van der Waals surface area contributed by atoms with E-state index in [-0.39, 0.29) is 12.2 Å². The molecule has 2 aromatic carbocycles. The Bertz CT molecular complexity index is 893. The summed E-state index contributed by atoms with van der Waals surface area (Å²) in [5, 5.41) is 10.1. The smallest absolute Gasteiger partial charge is 0.508 e. The molecule has 0 heterocycles. The predicted molar refractivity (Wildman–Crippen MR) is 116 cm³/mol. The summed E-state index contributed by atoms with van der Waals surface area (Å²) in [7, 11) is 0. The van der Waals surface area contributed by atoms with E-state index >= 15 is 0 Å². The van der Waals surface area contributed by atoms with E-state index in [1.54, 1.807) is 46.8 Å². The normalized spacial score (nSPS) is 12.8. The summed E-state index contributed by atoms with van der Waals surface area (Å²) in [5.41, 5.74) is -0.522. The van der Waals surface area contributed by atoms with E-state index in [2.05, 4.69) is 0 Å². The van der Waals surface area contributed by atoms with E-state index in [9.17, 15) is 19.1 Å². The highest BCUT2D eigenvalue weighted by Crippen LogP contribution is 2.26. The van der Waals surface area contributed by atoms with Crippen molar-refractivity contribution in [2.45, 2.75) is 58.3 Å². The highest BCUT2D eigenvalue weighted by atomic mass is 18.2. The number of benzene rings is 2. The van der Waals surface area contributed by atoms with E-state index in [1.165, 1.54) is 12.1 Å². The molecular formula is C24H30FNO6. The first kappa shape index (κ1) is 25.1. The molecule has 174 valence electrons. The summed E-state index contributed by atoms with van der Waals surface area (Å²) in [6, 6.07) is 13.9. The third-order valence-electron chi connectivity index (χ3n) is 4.51. The Morgan fingerprint density at radius 1 is 0.969 bits per heavy atom. The minimum Gasteiger partial charge on any atom is -0.508 e. The number of carbonyl (C=O) groups excluding carboxylic acids is 2. The van der Waals surface area contributed by atoms with Crippen LogP contribution in [0.3, 0.4) is 0 Å². The van der Waals surface area contributed by atoms with Crippen molar-refractivity contribution in [3.8, 4) is 5.75 Å². The SMILES string of the molecule is CC(C)(C)OC(=O)ON(C[18F])[C@H](Cc1ccc(O)cc1)C(=O)OC(C)(C)c1ccccc1. The highest BCUT2D eigenvalue weighted by molar-refractivity contribution is 5.77. The number of alkyl halides is 1. The molecule has 2 rings (SSSR count). The van der Waals surface area contributed by atoms with Crippen LogP contribution in [-0.2, 0) is 31.1 Å². The lowest BCUT2D eigenvalue weighted by Crippen LogP contribution is -2.47. The van der Waals surface area contributed by atoms with Gasteiger partial charge in [0, 0.05) is 6.42 Å². The number of rotatable bonds is 8. The van der Waals surface area contributed by atoms with Crippen LogP contribution in [0.4, 0.5) is 9.18 Å². The van der Waals surface area contributed by atoms with Gasteiger partial charge in [0.25, 0.3) is 0 Å². The van der Waals surface area contributed by atoms with Gasteiger partial charge in [0.2, 0.25) is 0 Å². The molecule has 0 unspecified atom stereocenters. The Balaban J connectivity index is 2.28. The lowest BCUT2D eigenvalue weighted by molar-refractivity contribution is -0.205. The molecule has 0 saturated carbocycles. The maximum Gasteiger partial charge on any atom is 0.528 e. The molecule has 8 heteroatoms. The number of aromatic hydroxyl groups is 1. The van der Waals surface area contributed by atoms with Crippen LogP contribution < -0.4 is 0 Å². The van der Waals surface area contributed by atoms with Crippen LogP contribution in [0.5, 0.6) is 5.75 Å².